The van der Waals surface area contributed by atoms with Crippen molar-refractivity contribution >= 4 is 16.5 Å². The molecule has 0 spiro atoms. The van der Waals surface area contributed by atoms with Crippen molar-refractivity contribution in [3.8, 4) is 0 Å². The third kappa shape index (κ3) is 2.74. The van der Waals surface area contributed by atoms with E-state index in [4.69, 9.17) is 0 Å². The Kier molecular flexibility index (Phi) is 4.18. The number of hydrogen-bond donors (Lipinski definition) is 1. The fraction of sp³-hybridized carbons (Fsp3) is 0.750. The summed E-state index contributed by atoms with van der Waals surface area (Å²) < 4.78 is 0. The van der Waals surface area contributed by atoms with E-state index in [1.807, 2.05) is 11.3 Å². The summed E-state index contributed by atoms with van der Waals surface area (Å²) in [4.78, 5) is 8.49. The number of nitrogens with one attached hydrogen (secondary N) is 1. The van der Waals surface area contributed by atoms with Crippen molar-refractivity contribution in [3.05, 3.63) is 10.6 Å². The Balaban J connectivity index is 1.97. The quantitative estimate of drug-likeness (QED) is 0.800. The lowest BCUT2D eigenvalue weighted by molar-refractivity contribution is 0.678. The van der Waals surface area contributed by atoms with Gasteiger partial charge >= 0.3 is 0 Å². The van der Waals surface area contributed by atoms with Crippen LogP contribution in [0.5, 0.6) is 0 Å². The molecule has 1 aromatic rings. The van der Waals surface area contributed by atoms with E-state index >= 15 is 0 Å². The molecule has 16 heavy (non-hydrogen) atoms. The lowest BCUT2D eigenvalue weighted by Crippen LogP contribution is -2.17. The molecule has 1 N–H and O–H groups in total. The highest BCUT2D eigenvalue weighted by Gasteiger charge is 2.17. The van der Waals surface area contributed by atoms with Gasteiger partial charge in [-0.3, -0.25) is 0 Å². The molecule has 0 bridgehead atoms. The zero-order valence-electron chi connectivity index (χ0n) is 10.3. The van der Waals surface area contributed by atoms with Crippen LogP contribution in [0.2, 0.25) is 0 Å². The van der Waals surface area contributed by atoms with Crippen LogP contribution in [0.25, 0.3) is 0 Å². The first-order valence-corrected chi connectivity index (χ1v) is 7.05. The number of aromatic nitrogens is 1. The summed E-state index contributed by atoms with van der Waals surface area (Å²) in [5.74, 6) is 0. The molecular weight excluding hydrogens is 218 g/mol. The van der Waals surface area contributed by atoms with Crippen molar-refractivity contribution in [3.63, 3.8) is 0 Å². The van der Waals surface area contributed by atoms with Gasteiger partial charge in [0.15, 0.2) is 5.13 Å². The maximum absolute atomic E-state index is 4.68. The molecule has 90 valence electrons. The molecule has 4 heteroatoms. The van der Waals surface area contributed by atoms with E-state index in [9.17, 15) is 0 Å². The van der Waals surface area contributed by atoms with Crippen LogP contribution < -0.4 is 10.2 Å². The van der Waals surface area contributed by atoms with Gasteiger partial charge in [-0.2, -0.15) is 0 Å². The van der Waals surface area contributed by atoms with E-state index in [0.717, 1.165) is 13.1 Å². The van der Waals surface area contributed by atoms with Crippen LogP contribution in [0.3, 0.4) is 0 Å². The molecule has 2 heterocycles. The molecule has 3 nitrogen and oxygen atoms in total. The molecule has 1 fully saturated rings. The maximum Gasteiger partial charge on any atom is 0.185 e. The first-order chi connectivity index (χ1) is 7.81. The van der Waals surface area contributed by atoms with Crippen LogP contribution >= 0.6 is 11.3 Å². The van der Waals surface area contributed by atoms with Gasteiger partial charge in [0.05, 0.1) is 5.69 Å². The van der Waals surface area contributed by atoms with Crippen LogP contribution in [0.1, 0.15) is 36.8 Å². The summed E-state index contributed by atoms with van der Waals surface area (Å²) in [5.41, 5.74) is 1.20. The van der Waals surface area contributed by atoms with Gasteiger partial charge in [-0.05, 0) is 32.7 Å². The molecule has 0 aromatic carbocycles. The Morgan fingerprint density at radius 3 is 2.81 bits per heavy atom. The average Bonchev–Trinajstić information content (AvgIpc) is 2.88. The third-order valence-electron chi connectivity index (χ3n) is 2.97. The molecule has 1 aliphatic rings. The highest BCUT2D eigenvalue weighted by atomic mass is 32.1. The predicted molar refractivity (Wildman–Crippen MR) is 70.3 cm³/mol. The maximum atomic E-state index is 4.68. The molecule has 0 aliphatic carbocycles. The number of rotatable bonds is 5. The van der Waals surface area contributed by atoms with Crippen LogP contribution in [0, 0.1) is 6.92 Å². The topological polar surface area (TPSA) is 28.2 Å². The molecule has 1 aromatic heterocycles. The highest BCUT2D eigenvalue weighted by Crippen LogP contribution is 2.28. The van der Waals surface area contributed by atoms with E-state index in [1.54, 1.807) is 0 Å². The highest BCUT2D eigenvalue weighted by molar-refractivity contribution is 7.15. The van der Waals surface area contributed by atoms with E-state index in [1.165, 1.54) is 48.1 Å². The first-order valence-electron chi connectivity index (χ1n) is 6.23. The second-order valence-electron chi connectivity index (χ2n) is 4.38. The number of nitrogens with zero attached hydrogens (tertiary/aromatic N) is 2. The number of aryl methyl sites for hydroxylation is 1. The van der Waals surface area contributed by atoms with E-state index in [2.05, 4.69) is 29.0 Å². The number of hydrogen-bond acceptors (Lipinski definition) is 4. The summed E-state index contributed by atoms with van der Waals surface area (Å²) in [7, 11) is 0. The van der Waals surface area contributed by atoms with E-state index < -0.39 is 0 Å². The number of thiazole rings is 1. The second kappa shape index (κ2) is 5.64. The van der Waals surface area contributed by atoms with Gasteiger partial charge in [0.1, 0.15) is 0 Å². The summed E-state index contributed by atoms with van der Waals surface area (Å²) in [6, 6.07) is 0. The zero-order chi connectivity index (χ0) is 11.4. The molecule has 1 saturated heterocycles. The standard InChI is InChI=1S/C12H21N3S/c1-3-6-13-9-11-10(2)14-12(16-11)15-7-4-5-8-15/h13H,3-9H2,1-2H3. The zero-order valence-corrected chi connectivity index (χ0v) is 11.1. The summed E-state index contributed by atoms with van der Waals surface area (Å²) in [6.07, 6.45) is 3.83. The summed E-state index contributed by atoms with van der Waals surface area (Å²) in [5, 5.41) is 4.67. The van der Waals surface area contributed by atoms with Crippen molar-refractivity contribution in [1.29, 1.82) is 0 Å². The smallest absolute Gasteiger partial charge is 0.185 e. The molecule has 0 unspecified atom stereocenters. The third-order valence-corrected chi connectivity index (χ3v) is 4.19. The largest absolute Gasteiger partial charge is 0.348 e. The van der Waals surface area contributed by atoms with Gasteiger partial charge in [-0.15, -0.1) is 11.3 Å². The Bertz CT molecular complexity index is 329. The molecular formula is C12H21N3S. The van der Waals surface area contributed by atoms with Gasteiger partial charge in [-0.1, -0.05) is 6.92 Å². The molecule has 2 rings (SSSR count). The van der Waals surface area contributed by atoms with Gasteiger partial charge in [0.25, 0.3) is 0 Å². The normalized spacial score (nSPS) is 16.0. The molecule has 0 amide bonds. The lowest BCUT2D eigenvalue weighted by Gasteiger charge is -2.12. The molecule has 0 saturated carbocycles. The SMILES string of the molecule is CCCNCc1sc(N2CCCC2)nc1C. The Morgan fingerprint density at radius 1 is 1.38 bits per heavy atom. The van der Waals surface area contributed by atoms with E-state index in [0.29, 0.717) is 0 Å². The fourth-order valence-corrected chi connectivity index (χ4v) is 3.08. The molecule has 0 atom stereocenters. The lowest BCUT2D eigenvalue weighted by atomic mass is 10.4. The second-order valence-corrected chi connectivity index (χ2v) is 5.44. The minimum absolute atomic E-state index is 0.977. The van der Waals surface area contributed by atoms with Gasteiger partial charge < -0.3 is 10.2 Å². The van der Waals surface area contributed by atoms with Crippen molar-refractivity contribution in [2.24, 2.45) is 0 Å². The van der Waals surface area contributed by atoms with Gasteiger partial charge in [0, 0.05) is 24.5 Å². The predicted octanol–water partition coefficient (Wildman–Crippen LogP) is 2.55. The first kappa shape index (κ1) is 11.9. The van der Waals surface area contributed by atoms with Crippen LogP contribution in [-0.4, -0.2) is 24.6 Å². The average molecular weight is 239 g/mol. The summed E-state index contributed by atoms with van der Waals surface area (Å²) >= 11 is 1.86. The Hall–Kier alpha value is -0.610. The van der Waals surface area contributed by atoms with Crippen molar-refractivity contribution < 1.29 is 0 Å². The van der Waals surface area contributed by atoms with Crippen molar-refractivity contribution in [2.45, 2.75) is 39.7 Å². The molecule has 0 radical (unpaired) electrons. The molecule has 1 aliphatic heterocycles. The van der Waals surface area contributed by atoms with Gasteiger partial charge in [-0.25, -0.2) is 4.98 Å². The van der Waals surface area contributed by atoms with Crippen LogP contribution in [-0.2, 0) is 6.54 Å². The monoisotopic (exact) mass is 239 g/mol. The Morgan fingerprint density at radius 2 is 2.12 bits per heavy atom. The minimum atomic E-state index is 0.977. The van der Waals surface area contributed by atoms with Crippen LogP contribution in [0.4, 0.5) is 5.13 Å². The summed E-state index contributed by atoms with van der Waals surface area (Å²) in [6.45, 7) is 8.77. The van der Waals surface area contributed by atoms with Crippen molar-refractivity contribution in [2.75, 3.05) is 24.5 Å². The Labute approximate surface area is 102 Å². The number of anilines is 1. The van der Waals surface area contributed by atoms with Crippen molar-refractivity contribution in [1.82, 2.24) is 10.3 Å². The minimum Gasteiger partial charge on any atom is -0.348 e. The van der Waals surface area contributed by atoms with Crippen LogP contribution in [0.15, 0.2) is 0 Å². The fourth-order valence-electron chi connectivity index (χ4n) is 2.00. The van der Waals surface area contributed by atoms with Gasteiger partial charge in [0.2, 0.25) is 0 Å². The van der Waals surface area contributed by atoms with E-state index in [-0.39, 0.29) is 0 Å².